The summed E-state index contributed by atoms with van der Waals surface area (Å²) in [7, 11) is 0. The molecule has 3 N–H and O–H groups in total. The summed E-state index contributed by atoms with van der Waals surface area (Å²) in [5.74, 6) is -2.51. The molecule has 1 aliphatic rings. The maximum absolute atomic E-state index is 9.55. The van der Waals surface area contributed by atoms with Gasteiger partial charge in [0.05, 0.1) is 5.69 Å². The van der Waals surface area contributed by atoms with Crippen molar-refractivity contribution >= 4 is 11.9 Å². The third kappa shape index (κ3) is 5.04. The van der Waals surface area contributed by atoms with Gasteiger partial charge < -0.3 is 20.1 Å². The number of rotatable bonds is 4. The van der Waals surface area contributed by atoms with Gasteiger partial charge in [-0.2, -0.15) is 0 Å². The molecular weight excluding hydrogens is 380 g/mol. The molecule has 3 aromatic rings. The lowest BCUT2D eigenvalue weighted by Gasteiger charge is -2.25. The van der Waals surface area contributed by atoms with Crippen LogP contribution in [0.15, 0.2) is 78.9 Å². The number of aliphatic carboxylic acids is 2. The number of nitrogens with one attached hydrogen (secondary N) is 1. The fourth-order valence-corrected chi connectivity index (χ4v) is 3.55. The molecule has 0 saturated carbocycles. The molecular formula is C24H24N2O4. The first kappa shape index (κ1) is 21.1. The molecule has 1 atom stereocenters. The largest absolute Gasteiger partial charge is 0.478 e. The van der Waals surface area contributed by atoms with Crippen LogP contribution in [-0.2, 0) is 16.1 Å². The fraction of sp³-hybridized carbons (Fsp3) is 0.167. The quantitative estimate of drug-likeness (QED) is 0.567. The number of fused-ring (bicyclic) bond motifs is 1. The molecule has 0 fully saturated rings. The van der Waals surface area contributed by atoms with Gasteiger partial charge in [-0.15, -0.1) is 0 Å². The minimum atomic E-state index is -1.26. The van der Waals surface area contributed by atoms with Crippen LogP contribution in [0.25, 0.3) is 22.4 Å². The second kappa shape index (κ2) is 9.71. The average Bonchev–Trinajstić information content (AvgIpc) is 3.15. The Hall–Kier alpha value is -3.64. The number of nitrogens with zero attached hydrogens (tertiary/aromatic N) is 1. The van der Waals surface area contributed by atoms with Crippen LogP contribution in [0.1, 0.15) is 18.7 Å². The van der Waals surface area contributed by atoms with Crippen LogP contribution < -0.4 is 5.32 Å². The van der Waals surface area contributed by atoms with Gasteiger partial charge in [-0.1, -0.05) is 60.7 Å². The molecule has 0 saturated heterocycles. The molecule has 1 aliphatic heterocycles. The molecule has 6 heteroatoms. The predicted molar refractivity (Wildman–Crippen MR) is 116 cm³/mol. The molecule has 0 amide bonds. The van der Waals surface area contributed by atoms with Crippen LogP contribution in [0.5, 0.6) is 0 Å². The Morgan fingerprint density at radius 3 is 2.00 bits per heavy atom. The van der Waals surface area contributed by atoms with E-state index in [2.05, 4.69) is 83.5 Å². The van der Waals surface area contributed by atoms with Gasteiger partial charge in [-0.3, -0.25) is 0 Å². The Kier molecular flexibility index (Phi) is 6.83. The first-order valence-corrected chi connectivity index (χ1v) is 9.69. The van der Waals surface area contributed by atoms with Crippen molar-refractivity contribution in [3.8, 4) is 22.4 Å². The minimum Gasteiger partial charge on any atom is -0.478 e. The second-order valence-electron chi connectivity index (χ2n) is 6.90. The fourth-order valence-electron chi connectivity index (χ4n) is 3.55. The summed E-state index contributed by atoms with van der Waals surface area (Å²) in [6.45, 7) is 4.29. The molecule has 0 spiro atoms. The van der Waals surface area contributed by atoms with Crippen molar-refractivity contribution in [1.29, 1.82) is 0 Å². The van der Waals surface area contributed by atoms with E-state index in [1.54, 1.807) is 0 Å². The average molecular weight is 404 g/mol. The molecule has 2 heterocycles. The molecule has 30 heavy (non-hydrogen) atoms. The van der Waals surface area contributed by atoms with E-state index in [1.165, 1.54) is 28.1 Å². The number of hydrogen-bond acceptors (Lipinski definition) is 3. The van der Waals surface area contributed by atoms with Crippen molar-refractivity contribution in [2.45, 2.75) is 19.5 Å². The maximum atomic E-state index is 9.55. The van der Waals surface area contributed by atoms with Crippen molar-refractivity contribution in [2.24, 2.45) is 0 Å². The van der Waals surface area contributed by atoms with Crippen LogP contribution in [0.2, 0.25) is 0 Å². The normalized spacial score (nSPS) is 15.2. The SMILES string of the molecule is CC1NCCn2c1cc(-c1ccccc1)c2-c1ccccc1.O=C(O)C=CC(=O)O. The lowest BCUT2D eigenvalue weighted by molar-refractivity contribution is -0.134. The van der Waals surface area contributed by atoms with Crippen molar-refractivity contribution in [1.82, 2.24) is 9.88 Å². The predicted octanol–water partition coefficient (Wildman–Crippen LogP) is 4.20. The summed E-state index contributed by atoms with van der Waals surface area (Å²) in [5, 5.41) is 19.2. The zero-order valence-electron chi connectivity index (χ0n) is 16.7. The molecule has 1 aromatic heterocycles. The van der Waals surface area contributed by atoms with E-state index < -0.39 is 11.9 Å². The monoisotopic (exact) mass is 404 g/mol. The van der Waals surface area contributed by atoms with Crippen molar-refractivity contribution in [3.63, 3.8) is 0 Å². The van der Waals surface area contributed by atoms with E-state index in [1.807, 2.05) is 0 Å². The molecule has 4 rings (SSSR count). The molecule has 0 radical (unpaired) electrons. The number of carbonyl (C=O) groups is 2. The second-order valence-corrected chi connectivity index (χ2v) is 6.90. The van der Waals surface area contributed by atoms with Crippen LogP contribution in [0.3, 0.4) is 0 Å². The minimum absolute atomic E-state index is 0.397. The number of aromatic nitrogens is 1. The molecule has 1 unspecified atom stereocenters. The topological polar surface area (TPSA) is 91.6 Å². The zero-order valence-corrected chi connectivity index (χ0v) is 16.7. The first-order valence-electron chi connectivity index (χ1n) is 9.69. The Bertz CT molecular complexity index is 1020. The lowest BCUT2D eigenvalue weighted by atomic mass is 10.0. The van der Waals surface area contributed by atoms with Crippen molar-refractivity contribution in [2.75, 3.05) is 6.54 Å². The van der Waals surface area contributed by atoms with Gasteiger partial charge >= 0.3 is 11.9 Å². The smallest absolute Gasteiger partial charge is 0.328 e. The van der Waals surface area contributed by atoms with E-state index in [0.29, 0.717) is 18.2 Å². The molecule has 154 valence electrons. The Balaban J connectivity index is 0.000000275. The number of hydrogen-bond donors (Lipinski definition) is 3. The third-order valence-electron chi connectivity index (χ3n) is 4.86. The van der Waals surface area contributed by atoms with Gasteiger partial charge in [-0.25, -0.2) is 9.59 Å². The number of carboxylic acids is 2. The first-order chi connectivity index (χ1) is 14.5. The summed E-state index contributed by atoms with van der Waals surface area (Å²) < 4.78 is 2.48. The molecule has 0 bridgehead atoms. The highest BCUT2D eigenvalue weighted by atomic mass is 16.4. The molecule has 2 aromatic carbocycles. The van der Waals surface area contributed by atoms with Gasteiger partial charge in [0.15, 0.2) is 0 Å². The van der Waals surface area contributed by atoms with Gasteiger partial charge in [0, 0.05) is 42.5 Å². The highest BCUT2D eigenvalue weighted by Crippen LogP contribution is 2.38. The van der Waals surface area contributed by atoms with Crippen molar-refractivity contribution in [3.05, 3.63) is 84.6 Å². The van der Waals surface area contributed by atoms with E-state index in [4.69, 9.17) is 10.2 Å². The Morgan fingerprint density at radius 1 is 0.933 bits per heavy atom. The number of carboxylic acid groups (broad SMARTS) is 2. The van der Waals surface area contributed by atoms with Crippen molar-refractivity contribution < 1.29 is 19.8 Å². The third-order valence-corrected chi connectivity index (χ3v) is 4.86. The lowest BCUT2D eigenvalue weighted by Crippen LogP contribution is -2.31. The Morgan fingerprint density at radius 2 is 1.47 bits per heavy atom. The molecule has 0 aliphatic carbocycles. The Labute approximate surface area is 175 Å². The standard InChI is InChI=1S/C20H20N2.C4H4O4/c1-15-19-14-18(16-8-4-2-5-9-16)20(22(19)13-12-21-15)17-10-6-3-7-11-17;5-3(6)1-2-4(7)8/h2-11,14-15,21H,12-13H2,1H3;1-2H,(H,5,6)(H,7,8). The van der Waals surface area contributed by atoms with Crippen LogP contribution in [0.4, 0.5) is 0 Å². The zero-order chi connectivity index (χ0) is 21.5. The van der Waals surface area contributed by atoms with E-state index >= 15 is 0 Å². The van der Waals surface area contributed by atoms with E-state index in [0.717, 1.165) is 13.1 Å². The summed E-state index contributed by atoms with van der Waals surface area (Å²) >= 11 is 0. The van der Waals surface area contributed by atoms with Crippen LogP contribution in [-0.4, -0.2) is 33.3 Å². The van der Waals surface area contributed by atoms with Crippen LogP contribution >= 0.6 is 0 Å². The molecule has 6 nitrogen and oxygen atoms in total. The highest BCUT2D eigenvalue weighted by Gasteiger charge is 2.23. The van der Waals surface area contributed by atoms with Gasteiger partial charge in [0.25, 0.3) is 0 Å². The summed E-state index contributed by atoms with van der Waals surface area (Å²) in [5.41, 5.74) is 6.63. The summed E-state index contributed by atoms with van der Waals surface area (Å²) in [6, 6.07) is 24.2. The van der Waals surface area contributed by atoms with Gasteiger partial charge in [-0.05, 0) is 24.1 Å². The summed E-state index contributed by atoms with van der Waals surface area (Å²) in [6.07, 6.45) is 1.12. The maximum Gasteiger partial charge on any atom is 0.328 e. The van der Waals surface area contributed by atoms with E-state index in [9.17, 15) is 9.59 Å². The number of benzene rings is 2. The van der Waals surface area contributed by atoms with Gasteiger partial charge in [0.2, 0.25) is 0 Å². The van der Waals surface area contributed by atoms with E-state index in [-0.39, 0.29) is 0 Å². The highest BCUT2D eigenvalue weighted by molar-refractivity contribution is 5.89. The van der Waals surface area contributed by atoms with Gasteiger partial charge in [0.1, 0.15) is 0 Å². The summed E-state index contributed by atoms with van der Waals surface area (Å²) in [4.78, 5) is 19.1. The van der Waals surface area contributed by atoms with Crippen LogP contribution in [0, 0.1) is 0 Å².